The third-order valence-corrected chi connectivity index (χ3v) is 6.21. The monoisotopic (exact) mass is 488 g/mol. The van der Waals surface area contributed by atoms with Crippen LogP contribution in [0.4, 0.5) is 13.2 Å². The highest BCUT2D eigenvalue weighted by Gasteiger charge is 2.39. The van der Waals surface area contributed by atoms with Crippen molar-refractivity contribution in [3.8, 4) is 17.1 Å². The minimum absolute atomic E-state index is 0.130. The van der Waals surface area contributed by atoms with Gasteiger partial charge in [-0.2, -0.15) is 13.2 Å². The van der Waals surface area contributed by atoms with Crippen LogP contribution in [0, 0.1) is 12.8 Å². The van der Waals surface area contributed by atoms with Crippen molar-refractivity contribution in [2.45, 2.75) is 45.2 Å². The summed E-state index contributed by atoms with van der Waals surface area (Å²) in [6.45, 7) is 1.72. The highest BCUT2D eigenvalue weighted by molar-refractivity contribution is 5.93. The SMILES string of the molecule is Cc1nc(-c2cn(-c3cn(C)cn3)c3ccc(=O)n(C)c23)cc(=O)[nH]1.FC(F)(F)C1CCCCC1. The molecule has 0 atom stereocenters. The maximum absolute atomic E-state index is 12.1. The van der Waals surface area contributed by atoms with Gasteiger partial charge in [0.15, 0.2) is 5.82 Å². The molecule has 4 aromatic rings. The molecule has 0 saturated heterocycles. The molecule has 0 aromatic carbocycles. The molecule has 1 fully saturated rings. The van der Waals surface area contributed by atoms with Crippen LogP contribution in [0.5, 0.6) is 0 Å². The quantitative estimate of drug-likeness (QED) is 0.457. The Kier molecular flexibility index (Phi) is 6.68. The van der Waals surface area contributed by atoms with Gasteiger partial charge in [0.25, 0.3) is 11.1 Å². The Labute approximate surface area is 199 Å². The summed E-state index contributed by atoms with van der Waals surface area (Å²) in [6, 6.07) is 4.71. The molecule has 0 radical (unpaired) electrons. The van der Waals surface area contributed by atoms with Gasteiger partial charge in [0, 0.05) is 44.2 Å². The lowest BCUT2D eigenvalue weighted by Gasteiger charge is -2.23. The molecule has 1 aliphatic rings. The summed E-state index contributed by atoms with van der Waals surface area (Å²) in [7, 11) is 3.59. The number of hydrogen-bond acceptors (Lipinski definition) is 4. The number of hydrogen-bond donors (Lipinski definition) is 1. The topological polar surface area (TPSA) is 90.5 Å². The van der Waals surface area contributed by atoms with Crippen molar-refractivity contribution in [3.63, 3.8) is 0 Å². The van der Waals surface area contributed by atoms with Gasteiger partial charge < -0.3 is 14.1 Å². The maximum atomic E-state index is 12.1. The van der Waals surface area contributed by atoms with Crippen molar-refractivity contribution >= 4 is 11.0 Å². The Balaban J connectivity index is 0.000000243. The molecule has 1 aliphatic carbocycles. The second kappa shape index (κ2) is 9.55. The molecule has 4 heterocycles. The van der Waals surface area contributed by atoms with Crippen molar-refractivity contribution in [2.24, 2.45) is 20.0 Å². The molecule has 5 rings (SSSR count). The summed E-state index contributed by atoms with van der Waals surface area (Å²) >= 11 is 0. The largest absolute Gasteiger partial charge is 0.391 e. The van der Waals surface area contributed by atoms with Crippen molar-refractivity contribution in [2.75, 3.05) is 0 Å². The predicted octanol–water partition coefficient (Wildman–Crippen LogP) is 4.25. The first-order valence-electron chi connectivity index (χ1n) is 11.4. The summed E-state index contributed by atoms with van der Waals surface area (Å²) in [5, 5.41) is 0. The van der Waals surface area contributed by atoms with Gasteiger partial charge in [-0.15, -0.1) is 0 Å². The van der Waals surface area contributed by atoms with E-state index in [1.807, 2.05) is 28.6 Å². The zero-order valence-electron chi connectivity index (χ0n) is 19.8. The van der Waals surface area contributed by atoms with Gasteiger partial charge in [0.2, 0.25) is 0 Å². The van der Waals surface area contributed by atoms with E-state index in [4.69, 9.17) is 0 Å². The molecule has 186 valence electrons. The third kappa shape index (κ3) is 5.23. The van der Waals surface area contributed by atoms with E-state index in [9.17, 15) is 22.8 Å². The second-order valence-corrected chi connectivity index (χ2v) is 8.87. The van der Waals surface area contributed by atoms with Gasteiger partial charge in [-0.3, -0.25) is 14.2 Å². The first-order valence-corrected chi connectivity index (χ1v) is 11.4. The van der Waals surface area contributed by atoms with E-state index in [-0.39, 0.29) is 11.1 Å². The highest BCUT2D eigenvalue weighted by atomic mass is 19.4. The molecule has 4 aromatic heterocycles. The van der Waals surface area contributed by atoms with E-state index in [2.05, 4.69) is 15.0 Å². The van der Waals surface area contributed by atoms with Crippen LogP contribution in [0.15, 0.2) is 46.5 Å². The highest BCUT2D eigenvalue weighted by Crippen LogP contribution is 2.37. The van der Waals surface area contributed by atoms with Gasteiger partial charge in [-0.1, -0.05) is 19.3 Å². The molecule has 0 spiro atoms. The number of rotatable bonds is 2. The Morgan fingerprint density at radius 3 is 2.34 bits per heavy atom. The fourth-order valence-electron chi connectivity index (χ4n) is 4.44. The Morgan fingerprint density at radius 1 is 1.06 bits per heavy atom. The number of alkyl halides is 3. The van der Waals surface area contributed by atoms with Crippen LogP contribution in [-0.2, 0) is 14.1 Å². The van der Waals surface area contributed by atoms with Gasteiger partial charge in [-0.05, 0) is 25.8 Å². The first-order chi connectivity index (χ1) is 16.5. The van der Waals surface area contributed by atoms with Crippen LogP contribution in [0.2, 0.25) is 0 Å². The van der Waals surface area contributed by atoms with Gasteiger partial charge in [0.05, 0.1) is 29.0 Å². The van der Waals surface area contributed by atoms with E-state index in [1.54, 1.807) is 30.9 Å². The molecule has 0 unspecified atom stereocenters. The number of aromatic nitrogens is 6. The van der Waals surface area contributed by atoms with Crippen molar-refractivity contribution in [1.29, 1.82) is 0 Å². The first kappa shape index (κ1) is 24.5. The summed E-state index contributed by atoms with van der Waals surface area (Å²) in [4.78, 5) is 35.5. The summed E-state index contributed by atoms with van der Waals surface area (Å²) in [6.07, 6.45) is 4.70. The number of nitrogens with one attached hydrogen (secondary N) is 1. The van der Waals surface area contributed by atoms with Crippen molar-refractivity contribution in [1.82, 2.24) is 28.7 Å². The van der Waals surface area contributed by atoms with Crippen LogP contribution in [0.3, 0.4) is 0 Å². The van der Waals surface area contributed by atoms with E-state index >= 15 is 0 Å². The lowest BCUT2D eigenvalue weighted by molar-refractivity contribution is -0.181. The lowest BCUT2D eigenvalue weighted by Crippen LogP contribution is -2.24. The average molecular weight is 489 g/mol. The number of pyridine rings is 1. The second-order valence-electron chi connectivity index (χ2n) is 8.87. The Hall–Kier alpha value is -3.63. The lowest BCUT2D eigenvalue weighted by atomic mass is 9.89. The molecule has 35 heavy (non-hydrogen) atoms. The summed E-state index contributed by atoms with van der Waals surface area (Å²) in [5.74, 6) is 0.238. The van der Waals surface area contributed by atoms with E-state index in [0.717, 1.165) is 30.6 Å². The molecule has 11 heteroatoms. The number of imidazole rings is 1. The van der Waals surface area contributed by atoms with Crippen molar-refractivity contribution < 1.29 is 13.2 Å². The van der Waals surface area contributed by atoms with Gasteiger partial charge in [-0.25, -0.2) is 9.97 Å². The maximum Gasteiger partial charge on any atom is 0.391 e. The van der Waals surface area contributed by atoms with Crippen LogP contribution in [0.1, 0.15) is 37.9 Å². The smallest absolute Gasteiger partial charge is 0.338 e. The van der Waals surface area contributed by atoms with Crippen molar-refractivity contribution in [3.05, 3.63) is 63.5 Å². The zero-order valence-corrected chi connectivity index (χ0v) is 19.8. The zero-order chi connectivity index (χ0) is 25.3. The van der Waals surface area contributed by atoms with Gasteiger partial charge in [0.1, 0.15) is 5.82 Å². The molecule has 1 saturated carbocycles. The van der Waals surface area contributed by atoms with E-state index in [0.29, 0.717) is 35.4 Å². The fourth-order valence-corrected chi connectivity index (χ4v) is 4.44. The predicted molar refractivity (Wildman–Crippen MR) is 127 cm³/mol. The number of nitrogens with zero attached hydrogens (tertiary/aromatic N) is 5. The molecule has 0 bridgehead atoms. The van der Waals surface area contributed by atoms with Gasteiger partial charge >= 0.3 is 6.18 Å². The summed E-state index contributed by atoms with van der Waals surface area (Å²) < 4.78 is 41.1. The van der Waals surface area contributed by atoms with Crippen LogP contribution < -0.4 is 11.1 Å². The number of fused-ring (bicyclic) bond motifs is 1. The average Bonchev–Trinajstić information content (AvgIpc) is 3.40. The molecule has 0 aliphatic heterocycles. The number of aromatic amines is 1. The molecular formula is C24H27F3N6O2. The normalized spacial score (nSPS) is 14.7. The van der Waals surface area contributed by atoms with Crippen LogP contribution in [0.25, 0.3) is 28.1 Å². The Morgan fingerprint density at radius 2 is 1.77 bits per heavy atom. The minimum atomic E-state index is -3.93. The Bertz CT molecular complexity index is 1450. The third-order valence-electron chi connectivity index (χ3n) is 6.21. The standard InChI is InChI=1S/C17H16N6O2.C7H11F3/c1-10-19-12(6-15(24)20-10)11-7-23(14-8-21(2)9-18-14)13-4-5-16(25)22(3)17(11)13;8-7(9,10)6-4-2-1-3-5-6/h4-9H,1-3H3,(H,19,20,24);6H,1-5H2. The van der Waals surface area contributed by atoms with E-state index < -0.39 is 12.1 Å². The van der Waals surface area contributed by atoms with Crippen LogP contribution in [-0.4, -0.2) is 34.8 Å². The van der Waals surface area contributed by atoms with Crippen LogP contribution >= 0.6 is 0 Å². The molecule has 1 N–H and O–H groups in total. The fraction of sp³-hybridized carbons (Fsp3) is 0.417. The molecule has 8 nitrogen and oxygen atoms in total. The molecule has 0 amide bonds. The number of H-pyrrole nitrogens is 1. The van der Waals surface area contributed by atoms with E-state index in [1.165, 1.54) is 12.1 Å². The number of aryl methyl sites for hydroxylation is 3. The number of halogens is 3. The molecular weight excluding hydrogens is 461 g/mol. The minimum Gasteiger partial charge on any atom is -0.338 e. The summed E-state index contributed by atoms with van der Waals surface area (Å²) in [5.41, 5.74) is 2.37.